The van der Waals surface area contributed by atoms with E-state index in [1.54, 1.807) is 72.8 Å². The lowest BCUT2D eigenvalue weighted by molar-refractivity contribution is 0.0282. The van der Waals surface area contributed by atoms with Crippen LogP contribution >= 0.6 is 31.9 Å². The van der Waals surface area contributed by atoms with E-state index in [-0.39, 0.29) is 17.3 Å². The fourth-order valence-corrected chi connectivity index (χ4v) is 4.42. The van der Waals surface area contributed by atoms with Gasteiger partial charge in [-0.25, -0.2) is 4.79 Å². The van der Waals surface area contributed by atoms with Crippen molar-refractivity contribution in [3.8, 4) is 0 Å². The number of hydrogen-bond donors (Lipinski definition) is 1. The molecule has 4 aromatic carbocycles. The predicted molar refractivity (Wildman–Crippen MR) is 147 cm³/mol. The van der Waals surface area contributed by atoms with Gasteiger partial charge in [-0.1, -0.05) is 92.5 Å². The predicted octanol–water partition coefficient (Wildman–Crippen LogP) is 7.25. The number of anilines is 1. The lowest BCUT2D eigenvalue weighted by Crippen LogP contribution is -2.31. The molecular formula is C29H21Br2NO4. The van der Waals surface area contributed by atoms with E-state index in [0.29, 0.717) is 16.8 Å². The first-order valence-corrected chi connectivity index (χ1v) is 12.8. The van der Waals surface area contributed by atoms with Crippen LogP contribution < -0.4 is 5.32 Å². The van der Waals surface area contributed by atoms with E-state index in [2.05, 4.69) is 37.2 Å². The quantitative estimate of drug-likeness (QED) is 0.130. The van der Waals surface area contributed by atoms with Gasteiger partial charge in [0.05, 0.1) is 10.4 Å². The maximum atomic E-state index is 13.3. The summed E-state index contributed by atoms with van der Waals surface area (Å²) in [5, 5.41) is 2.80. The minimum atomic E-state index is -1.08. The number of ether oxygens (including phenoxy) is 1. The zero-order chi connectivity index (χ0) is 25.5. The average molecular weight is 607 g/mol. The van der Waals surface area contributed by atoms with E-state index in [9.17, 15) is 14.4 Å². The standard InChI is InChI=1S/C29H21Br2NO4/c30-23-15-11-21(12-16-23)28(34)32-24-17-13-22(14-18-24)29(35)36-27(25(31)19-7-3-1-4-8-19)26(33)20-9-5-2-6-10-20/h1-18,25,27H,(H,32,34)/t25-,27+/m1/s1. The zero-order valence-corrected chi connectivity index (χ0v) is 22.1. The van der Waals surface area contributed by atoms with E-state index in [4.69, 9.17) is 4.74 Å². The van der Waals surface area contributed by atoms with Gasteiger partial charge in [-0.15, -0.1) is 0 Å². The van der Waals surface area contributed by atoms with Crippen molar-refractivity contribution >= 4 is 55.2 Å². The molecule has 0 radical (unpaired) electrons. The Morgan fingerprint density at radius 3 is 1.83 bits per heavy atom. The molecule has 1 N–H and O–H groups in total. The van der Waals surface area contributed by atoms with E-state index >= 15 is 0 Å². The van der Waals surface area contributed by atoms with Crippen LogP contribution in [-0.2, 0) is 4.74 Å². The summed E-state index contributed by atoms with van der Waals surface area (Å²) in [4.78, 5) is 38.2. The smallest absolute Gasteiger partial charge is 0.338 e. The van der Waals surface area contributed by atoms with Gasteiger partial charge in [-0.3, -0.25) is 9.59 Å². The van der Waals surface area contributed by atoms with Gasteiger partial charge in [0.25, 0.3) is 5.91 Å². The molecule has 0 aliphatic rings. The van der Waals surface area contributed by atoms with Crippen molar-refractivity contribution in [2.24, 2.45) is 0 Å². The first-order chi connectivity index (χ1) is 17.4. The number of amides is 1. The maximum Gasteiger partial charge on any atom is 0.338 e. The van der Waals surface area contributed by atoms with Crippen molar-refractivity contribution in [2.75, 3.05) is 5.32 Å². The molecule has 7 heteroatoms. The Morgan fingerprint density at radius 1 is 0.667 bits per heavy atom. The third-order valence-electron chi connectivity index (χ3n) is 5.42. The van der Waals surface area contributed by atoms with Gasteiger partial charge < -0.3 is 10.1 Å². The second kappa shape index (κ2) is 11.9. The number of hydrogen-bond acceptors (Lipinski definition) is 4. The van der Waals surface area contributed by atoms with Crippen LogP contribution in [0.15, 0.2) is 114 Å². The van der Waals surface area contributed by atoms with Gasteiger partial charge in [-0.05, 0) is 54.1 Å². The van der Waals surface area contributed by atoms with Crippen LogP contribution in [0.1, 0.15) is 41.5 Å². The van der Waals surface area contributed by atoms with Gasteiger partial charge in [-0.2, -0.15) is 0 Å². The number of rotatable bonds is 8. The fraction of sp³-hybridized carbons (Fsp3) is 0.0690. The molecule has 5 nitrogen and oxygen atoms in total. The second-order valence-electron chi connectivity index (χ2n) is 7.91. The summed E-state index contributed by atoms with van der Waals surface area (Å²) in [6, 6.07) is 31.4. The second-order valence-corrected chi connectivity index (χ2v) is 9.81. The minimum Gasteiger partial charge on any atom is -0.449 e. The van der Waals surface area contributed by atoms with Crippen LogP contribution in [-0.4, -0.2) is 23.8 Å². The molecule has 0 spiro atoms. The molecular weight excluding hydrogens is 586 g/mol. The highest BCUT2D eigenvalue weighted by atomic mass is 79.9. The van der Waals surface area contributed by atoms with E-state index in [0.717, 1.165) is 10.0 Å². The largest absolute Gasteiger partial charge is 0.449 e. The fourth-order valence-electron chi connectivity index (χ4n) is 3.50. The molecule has 4 aromatic rings. The molecule has 0 bridgehead atoms. The first-order valence-electron chi connectivity index (χ1n) is 11.1. The first kappa shape index (κ1) is 25.5. The molecule has 0 fully saturated rings. The van der Waals surface area contributed by atoms with Gasteiger partial charge >= 0.3 is 5.97 Å². The number of nitrogens with one attached hydrogen (secondary N) is 1. The maximum absolute atomic E-state index is 13.3. The number of alkyl halides is 1. The molecule has 36 heavy (non-hydrogen) atoms. The molecule has 180 valence electrons. The Kier molecular flexibility index (Phi) is 8.46. The highest BCUT2D eigenvalue weighted by Crippen LogP contribution is 2.31. The summed E-state index contributed by atoms with van der Waals surface area (Å²) < 4.78 is 6.62. The van der Waals surface area contributed by atoms with Crippen molar-refractivity contribution in [2.45, 2.75) is 10.9 Å². The van der Waals surface area contributed by atoms with Crippen LogP contribution in [0.2, 0.25) is 0 Å². The third-order valence-corrected chi connectivity index (χ3v) is 6.96. The molecule has 0 unspecified atom stereocenters. The number of halogens is 2. The van der Waals surface area contributed by atoms with Crippen LogP contribution in [0, 0.1) is 0 Å². The molecule has 0 aliphatic heterocycles. The van der Waals surface area contributed by atoms with Gasteiger partial charge in [0, 0.05) is 21.3 Å². The molecule has 0 saturated heterocycles. The lowest BCUT2D eigenvalue weighted by Gasteiger charge is -2.22. The summed E-state index contributed by atoms with van der Waals surface area (Å²) in [7, 11) is 0. The lowest BCUT2D eigenvalue weighted by atomic mass is 9.99. The molecule has 0 saturated carbocycles. The number of ketones is 1. The molecule has 0 aromatic heterocycles. The van der Waals surface area contributed by atoms with Gasteiger partial charge in [0.1, 0.15) is 0 Å². The molecule has 0 heterocycles. The average Bonchev–Trinajstić information content (AvgIpc) is 2.92. The zero-order valence-electron chi connectivity index (χ0n) is 18.9. The van der Waals surface area contributed by atoms with Crippen molar-refractivity contribution in [1.29, 1.82) is 0 Å². The van der Waals surface area contributed by atoms with E-state index in [1.165, 1.54) is 0 Å². The minimum absolute atomic E-state index is 0.260. The summed E-state index contributed by atoms with van der Waals surface area (Å²) in [5.74, 6) is -1.22. The summed E-state index contributed by atoms with van der Waals surface area (Å²) in [6.45, 7) is 0. The van der Waals surface area contributed by atoms with Gasteiger partial charge in [0.2, 0.25) is 5.78 Å². The Labute approximate surface area is 225 Å². The number of carbonyl (C=O) groups excluding carboxylic acids is 3. The number of benzene rings is 4. The highest BCUT2D eigenvalue weighted by molar-refractivity contribution is 9.10. The van der Waals surface area contributed by atoms with Crippen molar-refractivity contribution in [3.05, 3.63) is 136 Å². The number of esters is 1. The molecule has 4 rings (SSSR count). The normalized spacial score (nSPS) is 12.3. The SMILES string of the molecule is O=C(Nc1ccc(C(=O)O[C@H](C(=O)c2ccccc2)[C@H](Br)c2ccccc2)cc1)c1ccc(Br)cc1. The van der Waals surface area contributed by atoms with E-state index in [1.807, 2.05) is 36.4 Å². The van der Waals surface area contributed by atoms with Crippen molar-refractivity contribution < 1.29 is 19.1 Å². The highest BCUT2D eigenvalue weighted by Gasteiger charge is 2.32. The van der Waals surface area contributed by atoms with E-state index < -0.39 is 16.9 Å². The Bertz CT molecular complexity index is 1340. The summed E-state index contributed by atoms with van der Waals surface area (Å²) in [5.41, 5.74) is 2.55. The van der Waals surface area contributed by atoms with Crippen LogP contribution in [0.25, 0.3) is 0 Å². The Morgan fingerprint density at radius 2 is 1.22 bits per heavy atom. The Hall–Kier alpha value is -3.55. The molecule has 1 amide bonds. The Balaban J connectivity index is 1.50. The van der Waals surface area contributed by atoms with Crippen LogP contribution in [0.3, 0.4) is 0 Å². The monoisotopic (exact) mass is 605 g/mol. The molecule has 0 aliphatic carbocycles. The van der Waals surface area contributed by atoms with Crippen LogP contribution in [0.4, 0.5) is 5.69 Å². The van der Waals surface area contributed by atoms with Crippen molar-refractivity contribution in [1.82, 2.24) is 0 Å². The molecule has 2 atom stereocenters. The van der Waals surface area contributed by atoms with Crippen LogP contribution in [0.5, 0.6) is 0 Å². The summed E-state index contributed by atoms with van der Waals surface area (Å²) in [6.07, 6.45) is -1.08. The van der Waals surface area contributed by atoms with Crippen molar-refractivity contribution in [3.63, 3.8) is 0 Å². The van der Waals surface area contributed by atoms with Gasteiger partial charge in [0.15, 0.2) is 6.10 Å². The third kappa shape index (κ3) is 6.36. The number of Topliss-reactive ketones (excluding diaryl/α,β-unsaturated/α-hetero) is 1. The summed E-state index contributed by atoms with van der Waals surface area (Å²) >= 11 is 6.91. The topological polar surface area (TPSA) is 72.5 Å². The number of carbonyl (C=O) groups is 3.